The van der Waals surface area contributed by atoms with Crippen LogP contribution in [0.4, 0.5) is 10.5 Å². The quantitative estimate of drug-likeness (QED) is 0.600. The van der Waals surface area contributed by atoms with Crippen molar-refractivity contribution >= 4 is 17.6 Å². The first-order valence-corrected chi connectivity index (χ1v) is 8.55. The summed E-state index contributed by atoms with van der Waals surface area (Å²) in [5.74, 6) is -0.445. The molecule has 138 valence electrons. The van der Waals surface area contributed by atoms with Crippen LogP contribution in [-0.4, -0.2) is 21.5 Å². The number of hydrogen-bond donors (Lipinski definition) is 3. The largest absolute Gasteiger partial charge is 0.369 e. The summed E-state index contributed by atoms with van der Waals surface area (Å²) < 4.78 is 1.98. The molecule has 4 N–H and O–H groups in total. The van der Waals surface area contributed by atoms with Crippen molar-refractivity contribution in [2.75, 3.05) is 5.32 Å². The van der Waals surface area contributed by atoms with Crippen LogP contribution in [0, 0.1) is 0 Å². The summed E-state index contributed by atoms with van der Waals surface area (Å²) in [5.41, 5.74) is 8.62. The summed E-state index contributed by atoms with van der Waals surface area (Å²) in [6.07, 6.45) is 5.49. The average molecular weight is 363 g/mol. The van der Waals surface area contributed by atoms with Crippen molar-refractivity contribution in [2.24, 2.45) is 5.73 Å². The Morgan fingerprint density at radius 2 is 1.89 bits per heavy atom. The van der Waals surface area contributed by atoms with Gasteiger partial charge in [-0.15, -0.1) is 0 Å². The van der Waals surface area contributed by atoms with E-state index in [2.05, 4.69) is 15.6 Å². The molecule has 0 atom stereocenters. The molecule has 0 saturated carbocycles. The van der Waals surface area contributed by atoms with Gasteiger partial charge >= 0.3 is 6.03 Å². The molecule has 0 aliphatic rings. The molecular weight excluding hydrogens is 342 g/mol. The molecule has 1 aromatic heterocycles. The van der Waals surface area contributed by atoms with Crippen LogP contribution in [0.3, 0.4) is 0 Å². The molecule has 0 aliphatic heterocycles. The van der Waals surface area contributed by atoms with Gasteiger partial charge in [0.25, 0.3) is 0 Å². The van der Waals surface area contributed by atoms with Crippen molar-refractivity contribution in [3.8, 4) is 0 Å². The van der Waals surface area contributed by atoms with Crippen LogP contribution in [0.25, 0.3) is 0 Å². The predicted octanol–water partition coefficient (Wildman–Crippen LogP) is 2.28. The fraction of sp³-hybridized carbons (Fsp3) is 0.150. The van der Waals surface area contributed by atoms with Crippen molar-refractivity contribution in [1.29, 1.82) is 0 Å². The number of imidazole rings is 1. The van der Waals surface area contributed by atoms with Crippen molar-refractivity contribution in [1.82, 2.24) is 14.9 Å². The van der Waals surface area contributed by atoms with Crippen LogP contribution in [0.15, 0.2) is 67.3 Å². The third-order valence-electron chi connectivity index (χ3n) is 4.00. The topological polar surface area (TPSA) is 102 Å². The van der Waals surface area contributed by atoms with Crippen LogP contribution < -0.4 is 16.4 Å². The van der Waals surface area contributed by atoms with E-state index in [1.807, 2.05) is 35.0 Å². The molecule has 7 heteroatoms. The minimum Gasteiger partial charge on any atom is -0.369 e. The summed E-state index contributed by atoms with van der Waals surface area (Å²) in [5, 5.41) is 5.60. The second-order valence-corrected chi connectivity index (χ2v) is 6.16. The standard InChI is InChI=1S/C20H21N5O2/c21-19(26)11-17-6-1-2-7-18(17)24-20(27)23-12-15-4-3-5-16(10-15)13-25-9-8-22-14-25/h1-10,14H,11-13H2,(H2,21,26)(H2,23,24,27). The van der Waals surface area contributed by atoms with Gasteiger partial charge in [-0.2, -0.15) is 0 Å². The van der Waals surface area contributed by atoms with E-state index in [4.69, 9.17) is 5.73 Å². The smallest absolute Gasteiger partial charge is 0.319 e. The number of benzene rings is 2. The zero-order valence-electron chi connectivity index (χ0n) is 14.8. The van der Waals surface area contributed by atoms with Gasteiger partial charge in [0.05, 0.1) is 12.7 Å². The fourth-order valence-corrected chi connectivity index (χ4v) is 2.76. The van der Waals surface area contributed by atoms with Gasteiger partial charge in [-0.05, 0) is 22.8 Å². The third kappa shape index (κ3) is 5.43. The number of urea groups is 1. The number of nitrogens with zero attached hydrogens (tertiary/aromatic N) is 2. The van der Waals surface area contributed by atoms with Gasteiger partial charge in [0.2, 0.25) is 5.91 Å². The van der Waals surface area contributed by atoms with Crippen molar-refractivity contribution < 1.29 is 9.59 Å². The van der Waals surface area contributed by atoms with Gasteiger partial charge in [-0.1, -0.05) is 42.5 Å². The number of carbonyl (C=O) groups is 2. The van der Waals surface area contributed by atoms with Gasteiger partial charge in [-0.25, -0.2) is 9.78 Å². The molecule has 0 saturated heterocycles. The molecule has 2 aromatic carbocycles. The van der Waals surface area contributed by atoms with Gasteiger partial charge in [0.1, 0.15) is 0 Å². The molecule has 0 spiro atoms. The van der Waals surface area contributed by atoms with Crippen LogP contribution in [0.5, 0.6) is 0 Å². The second-order valence-electron chi connectivity index (χ2n) is 6.16. The van der Waals surface area contributed by atoms with Gasteiger partial charge in [0.15, 0.2) is 0 Å². The Bertz CT molecular complexity index is 922. The van der Waals surface area contributed by atoms with E-state index in [1.165, 1.54) is 0 Å². The summed E-state index contributed by atoms with van der Waals surface area (Å²) in [6, 6.07) is 14.7. The summed E-state index contributed by atoms with van der Waals surface area (Å²) in [6.45, 7) is 1.11. The highest BCUT2D eigenvalue weighted by molar-refractivity contribution is 5.91. The van der Waals surface area contributed by atoms with E-state index in [0.717, 1.165) is 17.7 Å². The highest BCUT2D eigenvalue weighted by Gasteiger charge is 2.08. The Morgan fingerprint density at radius 1 is 1.07 bits per heavy atom. The number of nitrogens with two attached hydrogens (primary N) is 1. The van der Waals surface area contributed by atoms with E-state index in [0.29, 0.717) is 17.8 Å². The number of aromatic nitrogens is 2. The highest BCUT2D eigenvalue weighted by Crippen LogP contribution is 2.15. The number of anilines is 1. The Hall–Kier alpha value is -3.61. The molecule has 0 radical (unpaired) electrons. The normalized spacial score (nSPS) is 10.4. The lowest BCUT2D eigenvalue weighted by molar-refractivity contribution is -0.117. The lowest BCUT2D eigenvalue weighted by Crippen LogP contribution is -2.29. The van der Waals surface area contributed by atoms with E-state index in [9.17, 15) is 9.59 Å². The number of hydrogen-bond acceptors (Lipinski definition) is 3. The number of rotatable bonds is 7. The number of carbonyl (C=O) groups excluding carboxylic acids is 2. The monoisotopic (exact) mass is 363 g/mol. The van der Waals surface area contributed by atoms with Crippen molar-refractivity contribution in [2.45, 2.75) is 19.5 Å². The molecule has 27 heavy (non-hydrogen) atoms. The maximum Gasteiger partial charge on any atom is 0.319 e. The first kappa shape index (κ1) is 18.2. The molecular formula is C20H21N5O2. The Morgan fingerprint density at radius 3 is 2.67 bits per heavy atom. The molecule has 3 rings (SSSR count). The predicted molar refractivity (Wildman–Crippen MR) is 103 cm³/mol. The molecule has 1 heterocycles. The third-order valence-corrected chi connectivity index (χ3v) is 4.00. The first-order chi connectivity index (χ1) is 13.1. The number of amides is 3. The molecule has 0 bridgehead atoms. The first-order valence-electron chi connectivity index (χ1n) is 8.55. The van der Waals surface area contributed by atoms with Crippen LogP contribution in [0.2, 0.25) is 0 Å². The number of nitrogens with one attached hydrogen (secondary N) is 2. The number of para-hydroxylation sites is 1. The van der Waals surface area contributed by atoms with E-state index < -0.39 is 5.91 Å². The molecule has 3 aromatic rings. The summed E-state index contributed by atoms with van der Waals surface area (Å²) in [4.78, 5) is 27.4. The second kappa shape index (κ2) is 8.66. The zero-order valence-corrected chi connectivity index (χ0v) is 14.8. The Kier molecular flexibility index (Phi) is 5.84. The van der Waals surface area contributed by atoms with Gasteiger partial charge in [0, 0.05) is 31.2 Å². The van der Waals surface area contributed by atoms with Crippen LogP contribution in [-0.2, 0) is 24.3 Å². The molecule has 0 aliphatic carbocycles. The van der Waals surface area contributed by atoms with Crippen molar-refractivity contribution in [3.63, 3.8) is 0 Å². The molecule has 3 amide bonds. The van der Waals surface area contributed by atoms with E-state index in [1.54, 1.807) is 36.8 Å². The molecule has 0 unspecified atom stereocenters. The van der Waals surface area contributed by atoms with Crippen LogP contribution >= 0.6 is 0 Å². The van der Waals surface area contributed by atoms with Crippen molar-refractivity contribution in [3.05, 3.63) is 83.9 Å². The van der Waals surface area contributed by atoms with Gasteiger partial charge in [-0.3, -0.25) is 4.79 Å². The Balaban J connectivity index is 1.57. The SMILES string of the molecule is NC(=O)Cc1ccccc1NC(=O)NCc1cccc(Cn2ccnc2)c1. The number of primary amides is 1. The average Bonchev–Trinajstić information content (AvgIpc) is 3.15. The fourth-order valence-electron chi connectivity index (χ4n) is 2.76. The Labute approximate surface area is 157 Å². The lowest BCUT2D eigenvalue weighted by Gasteiger charge is -2.12. The summed E-state index contributed by atoms with van der Waals surface area (Å²) in [7, 11) is 0. The lowest BCUT2D eigenvalue weighted by atomic mass is 10.1. The van der Waals surface area contributed by atoms with Gasteiger partial charge < -0.3 is 20.9 Å². The zero-order chi connectivity index (χ0) is 19.1. The maximum absolute atomic E-state index is 12.2. The minimum atomic E-state index is -0.445. The highest BCUT2D eigenvalue weighted by atomic mass is 16.2. The van der Waals surface area contributed by atoms with E-state index in [-0.39, 0.29) is 12.5 Å². The molecule has 0 fully saturated rings. The maximum atomic E-state index is 12.2. The molecule has 7 nitrogen and oxygen atoms in total. The minimum absolute atomic E-state index is 0.0761. The van der Waals surface area contributed by atoms with E-state index >= 15 is 0 Å². The van der Waals surface area contributed by atoms with Crippen LogP contribution in [0.1, 0.15) is 16.7 Å². The summed E-state index contributed by atoms with van der Waals surface area (Å²) >= 11 is 0.